The van der Waals surface area contributed by atoms with Crippen molar-refractivity contribution in [3.8, 4) is 0 Å². The fourth-order valence-electron chi connectivity index (χ4n) is 2.84. The number of nitrogens with one attached hydrogen (secondary N) is 1. The number of nitrogens with zero attached hydrogens (tertiary/aromatic N) is 2. The molecular formula is C14H18F3N3O2S. The number of rotatable bonds is 4. The zero-order valence-corrected chi connectivity index (χ0v) is 13.2. The summed E-state index contributed by atoms with van der Waals surface area (Å²) in [4.78, 5) is 5.40. The van der Waals surface area contributed by atoms with Crippen LogP contribution in [0.25, 0.3) is 0 Å². The van der Waals surface area contributed by atoms with Gasteiger partial charge < -0.3 is 4.90 Å². The van der Waals surface area contributed by atoms with Crippen LogP contribution in [-0.2, 0) is 16.2 Å². The molecule has 128 valence electrons. The van der Waals surface area contributed by atoms with Crippen molar-refractivity contribution in [1.82, 2.24) is 9.71 Å². The van der Waals surface area contributed by atoms with E-state index in [0.717, 1.165) is 6.07 Å². The molecule has 0 aromatic carbocycles. The smallest absolute Gasteiger partial charge is 0.355 e. The molecule has 1 aromatic heterocycles. The van der Waals surface area contributed by atoms with Gasteiger partial charge in [0.2, 0.25) is 10.0 Å². The van der Waals surface area contributed by atoms with Crippen molar-refractivity contribution in [2.24, 2.45) is 0 Å². The van der Waals surface area contributed by atoms with Crippen LogP contribution in [0.15, 0.2) is 18.3 Å². The first-order valence-corrected chi connectivity index (χ1v) is 9.10. The predicted molar refractivity (Wildman–Crippen MR) is 79.6 cm³/mol. The van der Waals surface area contributed by atoms with Crippen LogP contribution >= 0.6 is 0 Å². The lowest BCUT2D eigenvalue weighted by Gasteiger charge is -2.35. The highest BCUT2D eigenvalue weighted by molar-refractivity contribution is 7.90. The third-order valence-corrected chi connectivity index (χ3v) is 6.12. The van der Waals surface area contributed by atoms with E-state index in [1.54, 1.807) is 0 Å². The highest BCUT2D eigenvalue weighted by atomic mass is 32.2. The molecule has 1 saturated heterocycles. The molecule has 0 amide bonds. The van der Waals surface area contributed by atoms with Crippen LogP contribution in [0, 0.1) is 0 Å². The van der Waals surface area contributed by atoms with Crippen molar-refractivity contribution in [1.29, 1.82) is 0 Å². The molecule has 0 bridgehead atoms. The van der Waals surface area contributed by atoms with E-state index in [1.165, 1.54) is 17.2 Å². The number of hydrogen-bond donors (Lipinski definition) is 1. The molecule has 3 rings (SSSR count). The Balaban J connectivity index is 1.77. The Bertz CT molecular complexity index is 674. The van der Waals surface area contributed by atoms with Crippen LogP contribution < -0.4 is 9.62 Å². The Morgan fingerprint density at radius 1 is 1.26 bits per heavy atom. The van der Waals surface area contributed by atoms with Crippen molar-refractivity contribution in [3.63, 3.8) is 0 Å². The van der Waals surface area contributed by atoms with Gasteiger partial charge in [0.15, 0.2) is 0 Å². The van der Waals surface area contributed by atoms with E-state index in [0.29, 0.717) is 32.2 Å². The number of anilines is 1. The molecule has 1 saturated carbocycles. The van der Waals surface area contributed by atoms with Gasteiger partial charge in [-0.2, -0.15) is 13.2 Å². The Morgan fingerprint density at radius 2 is 2.00 bits per heavy atom. The third kappa shape index (κ3) is 3.77. The molecule has 2 heterocycles. The van der Waals surface area contributed by atoms with Crippen LogP contribution in [0.1, 0.15) is 31.2 Å². The SMILES string of the molecule is O=S(=O)(NC1CCCN(c2ncccc2C(F)(F)F)C1)C1CC1. The van der Waals surface area contributed by atoms with Crippen LogP contribution in [0.5, 0.6) is 0 Å². The lowest BCUT2D eigenvalue weighted by atomic mass is 10.1. The van der Waals surface area contributed by atoms with E-state index in [4.69, 9.17) is 0 Å². The first-order chi connectivity index (χ1) is 10.8. The maximum absolute atomic E-state index is 13.1. The number of pyridine rings is 1. The van der Waals surface area contributed by atoms with Crippen molar-refractivity contribution in [3.05, 3.63) is 23.9 Å². The van der Waals surface area contributed by atoms with E-state index in [2.05, 4.69) is 9.71 Å². The molecule has 1 atom stereocenters. The van der Waals surface area contributed by atoms with Crippen LogP contribution in [0.2, 0.25) is 0 Å². The summed E-state index contributed by atoms with van der Waals surface area (Å²) in [5.74, 6) is -0.129. The molecule has 0 spiro atoms. The van der Waals surface area contributed by atoms with Gasteiger partial charge in [-0.15, -0.1) is 0 Å². The van der Waals surface area contributed by atoms with Gasteiger partial charge in [0, 0.05) is 25.3 Å². The third-order valence-electron chi connectivity index (χ3n) is 4.11. The molecule has 1 aliphatic heterocycles. The largest absolute Gasteiger partial charge is 0.419 e. The zero-order valence-electron chi connectivity index (χ0n) is 12.4. The Kier molecular flexibility index (Phi) is 4.26. The van der Waals surface area contributed by atoms with E-state index in [-0.39, 0.29) is 23.7 Å². The van der Waals surface area contributed by atoms with E-state index >= 15 is 0 Å². The summed E-state index contributed by atoms with van der Waals surface area (Å²) in [6.45, 7) is 0.633. The lowest BCUT2D eigenvalue weighted by Crippen LogP contribution is -2.49. The number of hydrogen-bond acceptors (Lipinski definition) is 4. The molecular weight excluding hydrogens is 331 g/mol. The topological polar surface area (TPSA) is 62.3 Å². The lowest BCUT2D eigenvalue weighted by molar-refractivity contribution is -0.137. The normalized spacial score (nSPS) is 23.1. The fourth-order valence-corrected chi connectivity index (χ4v) is 4.45. The van der Waals surface area contributed by atoms with Gasteiger partial charge in [-0.05, 0) is 37.8 Å². The van der Waals surface area contributed by atoms with Crippen molar-refractivity contribution in [2.75, 3.05) is 18.0 Å². The molecule has 2 aliphatic rings. The summed E-state index contributed by atoms with van der Waals surface area (Å²) >= 11 is 0. The minimum absolute atomic E-state index is 0.129. The van der Waals surface area contributed by atoms with Gasteiger partial charge in [0.25, 0.3) is 0 Å². The zero-order chi connectivity index (χ0) is 16.7. The number of alkyl halides is 3. The molecule has 5 nitrogen and oxygen atoms in total. The minimum Gasteiger partial charge on any atom is -0.355 e. The molecule has 23 heavy (non-hydrogen) atoms. The first kappa shape index (κ1) is 16.5. The highest BCUT2D eigenvalue weighted by Gasteiger charge is 2.39. The Morgan fingerprint density at radius 3 is 2.65 bits per heavy atom. The fraction of sp³-hybridized carbons (Fsp3) is 0.643. The van der Waals surface area contributed by atoms with Crippen molar-refractivity contribution >= 4 is 15.8 Å². The molecule has 2 fully saturated rings. The van der Waals surface area contributed by atoms with Gasteiger partial charge in [0.05, 0.1) is 10.8 Å². The number of piperidine rings is 1. The van der Waals surface area contributed by atoms with Crippen molar-refractivity contribution < 1.29 is 21.6 Å². The van der Waals surface area contributed by atoms with Crippen molar-refractivity contribution in [2.45, 2.75) is 43.2 Å². The van der Waals surface area contributed by atoms with Crippen LogP contribution in [0.3, 0.4) is 0 Å². The summed E-state index contributed by atoms with van der Waals surface area (Å²) in [5.41, 5.74) is -0.786. The average Bonchev–Trinajstić information content (AvgIpc) is 3.31. The summed E-state index contributed by atoms with van der Waals surface area (Å²) in [5, 5.41) is -0.335. The van der Waals surface area contributed by atoms with Crippen LogP contribution in [0.4, 0.5) is 19.0 Å². The number of sulfonamides is 1. The van der Waals surface area contributed by atoms with Crippen LogP contribution in [-0.4, -0.2) is 37.8 Å². The summed E-state index contributed by atoms with van der Waals surface area (Å²) in [6.07, 6.45) is -0.608. The summed E-state index contributed by atoms with van der Waals surface area (Å²) in [6, 6.07) is 1.88. The first-order valence-electron chi connectivity index (χ1n) is 7.55. The standard InChI is InChI=1S/C14H18F3N3O2S/c15-14(16,17)12-4-1-7-18-13(12)20-8-2-3-10(9-20)19-23(21,22)11-5-6-11/h1,4,7,10-11,19H,2-3,5-6,8-9H2. The van der Waals surface area contributed by atoms with E-state index in [1.807, 2.05) is 0 Å². The maximum atomic E-state index is 13.1. The molecule has 1 aromatic rings. The number of aromatic nitrogens is 1. The molecule has 1 N–H and O–H groups in total. The van der Waals surface area contributed by atoms with Gasteiger partial charge in [-0.25, -0.2) is 18.1 Å². The van der Waals surface area contributed by atoms with Gasteiger partial charge in [-0.1, -0.05) is 0 Å². The van der Waals surface area contributed by atoms with E-state index in [9.17, 15) is 21.6 Å². The quantitative estimate of drug-likeness (QED) is 0.905. The second-order valence-electron chi connectivity index (χ2n) is 6.02. The second kappa shape index (κ2) is 5.94. The molecule has 0 radical (unpaired) electrons. The average molecular weight is 349 g/mol. The summed E-state index contributed by atoms with van der Waals surface area (Å²) in [7, 11) is -3.35. The Hall–Kier alpha value is -1.35. The Labute approximate surface area is 132 Å². The van der Waals surface area contributed by atoms with E-state index < -0.39 is 21.8 Å². The second-order valence-corrected chi connectivity index (χ2v) is 8.01. The molecule has 9 heteroatoms. The predicted octanol–water partition coefficient (Wildman–Crippen LogP) is 2.15. The minimum atomic E-state index is -4.48. The highest BCUT2D eigenvalue weighted by Crippen LogP contribution is 2.36. The van der Waals surface area contributed by atoms with Gasteiger partial charge in [-0.3, -0.25) is 0 Å². The summed E-state index contributed by atoms with van der Waals surface area (Å²) < 4.78 is 66.0. The van der Waals surface area contributed by atoms with Gasteiger partial charge in [0.1, 0.15) is 5.82 Å². The monoisotopic (exact) mass is 349 g/mol. The molecule has 1 aliphatic carbocycles. The van der Waals surface area contributed by atoms with Gasteiger partial charge >= 0.3 is 6.18 Å². The maximum Gasteiger partial charge on any atom is 0.419 e. The molecule has 1 unspecified atom stereocenters. The number of halogens is 3.